The molecule has 4 aliphatic heterocycles. The van der Waals surface area contributed by atoms with Gasteiger partial charge < -0.3 is 38.8 Å². The van der Waals surface area contributed by atoms with Gasteiger partial charge in [0.25, 0.3) is 0 Å². The summed E-state index contributed by atoms with van der Waals surface area (Å²) in [5.74, 6) is 0.940. The number of anilines is 1. The summed E-state index contributed by atoms with van der Waals surface area (Å²) < 4.78 is 62.6. The average molecular weight is 772 g/mol. The molecule has 14 heteroatoms. The number of aromatic hydroxyl groups is 1. The van der Waals surface area contributed by atoms with Gasteiger partial charge in [0.1, 0.15) is 34.0 Å². The van der Waals surface area contributed by atoms with E-state index in [-0.39, 0.29) is 80.7 Å². The van der Waals surface area contributed by atoms with Crippen LogP contribution in [0.3, 0.4) is 0 Å². The van der Waals surface area contributed by atoms with Gasteiger partial charge in [0.15, 0.2) is 5.82 Å². The first-order valence-corrected chi connectivity index (χ1v) is 19.7. The highest BCUT2D eigenvalue weighted by atomic mass is 19.1. The Labute approximate surface area is 324 Å². The molecule has 0 bridgehead atoms. The van der Waals surface area contributed by atoms with Crippen molar-refractivity contribution in [2.75, 3.05) is 71.3 Å². The number of phenols is 1. The van der Waals surface area contributed by atoms with E-state index in [4.69, 9.17) is 40.1 Å². The summed E-state index contributed by atoms with van der Waals surface area (Å²) in [6.45, 7) is 4.43. The number of nitrogens with zero attached hydrogens (tertiary/aromatic N) is 5. The van der Waals surface area contributed by atoms with Crippen LogP contribution in [0.15, 0.2) is 24.3 Å². The summed E-state index contributed by atoms with van der Waals surface area (Å²) in [5, 5.41) is 22.3. The lowest BCUT2D eigenvalue weighted by Gasteiger charge is -2.52. The highest BCUT2D eigenvalue weighted by Crippen LogP contribution is 2.50. The van der Waals surface area contributed by atoms with Crippen LogP contribution in [0.2, 0.25) is 0 Å². The Morgan fingerprint density at radius 3 is 2.71 bits per heavy atom. The second-order valence-electron chi connectivity index (χ2n) is 16.1. The molecule has 5 fully saturated rings. The van der Waals surface area contributed by atoms with Gasteiger partial charge in [0, 0.05) is 61.2 Å². The molecule has 9 rings (SSSR count). The minimum absolute atomic E-state index is 0.00738. The molecular formula is C42H47F2N5O7. The van der Waals surface area contributed by atoms with Crippen molar-refractivity contribution in [1.29, 1.82) is 0 Å². The number of piperidine rings is 1. The van der Waals surface area contributed by atoms with Crippen LogP contribution in [0.1, 0.15) is 56.9 Å². The maximum atomic E-state index is 17.3. The van der Waals surface area contributed by atoms with Crippen LogP contribution in [0.4, 0.5) is 14.6 Å². The second kappa shape index (κ2) is 14.8. The van der Waals surface area contributed by atoms with Crippen molar-refractivity contribution < 1.29 is 42.7 Å². The Bertz CT molecular complexity index is 2200. The Balaban J connectivity index is 1.13. The van der Waals surface area contributed by atoms with E-state index in [1.807, 2.05) is 0 Å². The Kier molecular flexibility index (Phi) is 9.86. The van der Waals surface area contributed by atoms with Crippen molar-refractivity contribution in [1.82, 2.24) is 19.9 Å². The number of pyridine rings is 1. The smallest absolute Gasteiger partial charge is 0.319 e. The Hall–Kier alpha value is -4.39. The summed E-state index contributed by atoms with van der Waals surface area (Å²) in [6, 6.07) is 6.10. The largest absolute Gasteiger partial charge is 0.508 e. The van der Waals surface area contributed by atoms with Crippen LogP contribution in [0.5, 0.6) is 17.6 Å². The molecule has 12 nitrogen and oxygen atoms in total. The summed E-state index contributed by atoms with van der Waals surface area (Å²) in [7, 11) is 1.40. The van der Waals surface area contributed by atoms with Crippen LogP contribution in [0, 0.1) is 29.4 Å². The molecule has 2 N–H and O–H groups in total. The van der Waals surface area contributed by atoms with E-state index >= 15 is 8.78 Å². The zero-order chi connectivity index (χ0) is 38.6. The SMILES string of the molecule is C#Cc1c(F)ccc2cc(O)cc(-c3nc(OC)c4c(N5CCOCC(O)C5)nc(OCC56CCCC5N(C5CCOC7(CCOC7)C5)CCC6)nc4c3F)c12. The molecule has 1 aliphatic carbocycles. The molecule has 56 heavy (non-hydrogen) atoms. The van der Waals surface area contributed by atoms with E-state index in [0.717, 1.165) is 71.1 Å². The molecule has 1 saturated carbocycles. The van der Waals surface area contributed by atoms with Crippen molar-refractivity contribution in [2.45, 2.75) is 75.2 Å². The molecule has 296 valence electrons. The number of rotatable bonds is 7. The molecular weight excluding hydrogens is 724 g/mol. The number of likely N-dealkylation sites (tertiary alicyclic amines) is 1. The molecule has 5 aliphatic rings. The molecule has 6 heterocycles. The van der Waals surface area contributed by atoms with Crippen molar-refractivity contribution in [3.05, 3.63) is 41.5 Å². The lowest BCUT2D eigenvalue weighted by Crippen LogP contribution is -2.58. The maximum absolute atomic E-state index is 17.3. The normalized spacial score (nSPS) is 28.4. The number of benzene rings is 2. The molecule has 0 radical (unpaired) electrons. The van der Waals surface area contributed by atoms with Crippen molar-refractivity contribution in [3.63, 3.8) is 0 Å². The zero-order valence-corrected chi connectivity index (χ0v) is 31.6. The molecule has 4 aromatic rings. The number of methoxy groups -OCH3 is 1. The summed E-state index contributed by atoms with van der Waals surface area (Å²) in [5.41, 5.74) is -0.746. The van der Waals surface area contributed by atoms with E-state index in [2.05, 4.69) is 15.8 Å². The van der Waals surface area contributed by atoms with Crippen molar-refractivity contribution in [2.24, 2.45) is 5.41 Å². The third-order valence-corrected chi connectivity index (χ3v) is 12.7. The summed E-state index contributed by atoms with van der Waals surface area (Å²) >= 11 is 0. The van der Waals surface area contributed by atoms with Crippen LogP contribution in [-0.2, 0) is 14.2 Å². The Morgan fingerprint density at radius 1 is 1.02 bits per heavy atom. The number of fused-ring (bicyclic) bond motifs is 3. The highest BCUT2D eigenvalue weighted by Gasteiger charge is 2.52. The van der Waals surface area contributed by atoms with E-state index < -0.39 is 17.7 Å². The number of hydrogen-bond donors (Lipinski definition) is 2. The Morgan fingerprint density at radius 2 is 1.89 bits per heavy atom. The number of aliphatic hydroxyl groups excluding tert-OH is 1. The van der Waals surface area contributed by atoms with Gasteiger partial charge in [0.2, 0.25) is 5.88 Å². The number of hydrogen-bond acceptors (Lipinski definition) is 12. The van der Waals surface area contributed by atoms with E-state index in [0.29, 0.717) is 43.8 Å². The minimum Gasteiger partial charge on any atom is -0.508 e. The monoisotopic (exact) mass is 771 g/mol. The van der Waals surface area contributed by atoms with Gasteiger partial charge in [-0.05, 0) is 68.7 Å². The molecule has 2 aromatic carbocycles. The standard InChI is InChI=1S/C42H47F2N5O7/c1-3-29-31(43)8-7-25-18-27(50)19-30(33(25)29)36-35(44)37-34(39(45-36)52-2)38(48-14-17-53-22-28(51)21-48)47-40(46-37)55-23-41-10-4-6-32(41)49(13-5-11-41)26-9-15-56-42(20-26)12-16-54-24-42/h1,7-8,18-19,26,28,32,50-51H,4-6,9-17,20-24H2,2H3. The number of terminal acetylenes is 1. The molecule has 1 spiro atoms. The van der Waals surface area contributed by atoms with Crippen LogP contribution >= 0.6 is 0 Å². The molecule has 5 unspecified atom stereocenters. The summed E-state index contributed by atoms with van der Waals surface area (Å²) in [6.07, 6.45) is 13.0. The van der Waals surface area contributed by atoms with Gasteiger partial charge in [0.05, 0.1) is 50.8 Å². The quantitative estimate of drug-likeness (QED) is 0.235. The number of halogens is 2. The van der Waals surface area contributed by atoms with Crippen LogP contribution in [0.25, 0.3) is 32.9 Å². The topological polar surface area (TPSA) is 132 Å². The fraction of sp³-hybridized carbons (Fsp3) is 0.548. The lowest BCUT2D eigenvalue weighted by atomic mass is 9.74. The first-order chi connectivity index (χ1) is 27.2. The van der Waals surface area contributed by atoms with Crippen LogP contribution < -0.4 is 14.4 Å². The summed E-state index contributed by atoms with van der Waals surface area (Å²) in [4.78, 5) is 18.7. The van der Waals surface area contributed by atoms with E-state index in [9.17, 15) is 10.2 Å². The van der Waals surface area contributed by atoms with Gasteiger partial charge in [-0.1, -0.05) is 18.4 Å². The predicted molar refractivity (Wildman–Crippen MR) is 204 cm³/mol. The van der Waals surface area contributed by atoms with E-state index in [1.54, 1.807) is 4.90 Å². The molecule has 5 atom stereocenters. The molecule has 2 aromatic heterocycles. The highest BCUT2D eigenvalue weighted by molar-refractivity contribution is 6.04. The number of aromatic nitrogens is 3. The van der Waals surface area contributed by atoms with Crippen molar-refractivity contribution >= 4 is 27.5 Å². The van der Waals surface area contributed by atoms with E-state index in [1.165, 1.54) is 31.4 Å². The fourth-order valence-corrected chi connectivity index (χ4v) is 10.2. The number of phenolic OH excluding ortho intramolecular Hbond substituents is 1. The number of aliphatic hydroxyl groups is 1. The fourth-order valence-electron chi connectivity index (χ4n) is 10.2. The third-order valence-electron chi connectivity index (χ3n) is 12.7. The van der Waals surface area contributed by atoms with Gasteiger partial charge in [-0.2, -0.15) is 9.97 Å². The minimum atomic E-state index is -0.856. The van der Waals surface area contributed by atoms with Gasteiger partial charge in [-0.15, -0.1) is 6.42 Å². The first kappa shape index (κ1) is 37.2. The first-order valence-electron chi connectivity index (χ1n) is 19.7. The third kappa shape index (κ3) is 6.47. The zero-order valence-electron chi connectivity index (χ0n) is 31.6. The maximum Gasteiger partial charge on any atom is 0.319 e. The van der Waals surface area contributed by atoms with Gasteiger partial charge in [-0.25, -0.2) is 13.8 Å². The molecule has 4 saturated heterocycles. The van der Waals surface area contributed by atoms with Crippen LogP contribution in [-0.4, -0.2) is 120 Å². The lowest BCUT2D eigenvalue weighted by molar-refractivity contribution is -0.125. The number of β-amino-alcohol motifs (C(OH)–C–C–N with tert-alkyl or cyclic N) is 1. The van der Waals surface area contributed by atoms with Crippen molar-refractivity contribution in [3.8, 4) is 41.2 Å². The van der Waals surface area contributed by atoms with Gasteiger partial charge >= 0.3 is 6.01 Å². The predicted octanol–water partition coefficient (Wildman–Crippen LogP) is 5.37. The van der Waals surface area contributed by atoms with Gasteiger partial charge in [-0.3, -0.25) is 4.90 Å². The average Bonchev–Trinajstić information content (AvgIpc) is 3.79. The second-order valence-corrected chi connectivity index (χ2v) is 16.1. The molecule has 0 amide bonds. The number of ether oxygens (including phenoxy) is 5.